The largest absolute Gasteiger partial charge is 0.454 e. The van der Waals surface area contributed by atoms with Crippen LogP contribution in [0.25, 0.3) is 0 Å². The first-order chi connectivity index (χ1) is 17.7. The molecule has 1 aliphatic rings. The fourth-order valence-electron chi connectivity index (χ4n) is 4.33. The zero-order chi connectivity index (χ0) is 26.4. The molecule has 3 aromatic rings. The van der Waals surface area contributed by atoms with Gasteiger partial charge in [0.15, 0.2) is 11.5 Å². The van der Waals surface area contributed by atoms with Crippen LogP contribution in [0, 0.1) is 0 Å². The number of carbonyl (C=O) groups is 2. The zero-order valence-corrected chi connectivity index (χ0v) is 22.3. The average Bonchev–Trinajstić information content (AvgIpc) is 3.32. The Morgan fingerprint density at radius 2 is 1.65 bits per heavy atom. The van der Waals surface area contributed by atoms with Gasteiger partial charge < -0.3 is 19.7 Å². The van der Waals surface area contributed by atoms with Gasteiger partial charge in [-0.2, -0.15) is 0 Å². The Bertz CT molecular complexity index is 1240. The highest BCUT2D eigenvalue weighted by molar-refractivity contribution is 6.30. The maximum Gasteiger partial charge on any atom is 0.243 e. The summed E-state index contributed by atoms with van der Waals surface area (Å²) in [4.78, 5) is 29.1. The highest BCUT2D eigenvalue weighted by atomic mass is 35.5. The molecule has 3 aromatic carbocycles. The molecule has 1 unspecified atom stereocenters. The summed E-state index contributed by atoms with van der Waals surface area (Å²) in [6.45, 7) is 6.29. The highest BCUT2D eigenvalue weighted by Crippen LogP contribution is 2.33. The van der Waals surface area contributed by atoms with Gasteiger partial charge in [0.05, 0.1) is 0 Å². The van der Waals surface area contributed by atoms with Crippen molar-refractivity contribution in [1.29, 1.82) is 0 Å². The Morgan fingerprint density at radius 1 is 0.919 bits per heavy atom. The first kappa shape index (κ1) is 26.6. The molecule has 0 bridgehead atoms. The summed E-state index contributed by atoms with van der Waals surface area (Å²) in [5.74, 6) is 1.10. The lowest BCUT2D eigenvalue weighted by atomic mass is 9.99. The zero-order valence-electron chi connectivity index (χ0n) is 21.5. The number of fused-ring (bicyclic) bond motifs is 1. The molecule has 1 N–H and O–H groups in total. The first-order valence-corrected chi connectivity index (χ1v) is 12.8. The average molecular weight is 521 g/mol. The van der Waals surface area contributed by atoms with Gasteiger partial charge in [-0.25, -0.2) is 0 Å². The minimum atomic E-state index is -0.690. The third-order valence-corrected chi connectivity index (χ3v) is 6.31. The summed E-state index contributed by atoms with van der Waals surface area (Å²) >= 11 is 6.25. The molecule has 1 aliphatic heterocycles. The van der Waals surface area contributed by atoms with Gasteiger partial charge in [-0.15, -0.1) is 0 Å². The molecule has 0 aromatic heterocycles. The summed E-state index contributed by atoms with van der Waals surface area (Å²) < 4.78 is 10.9. The Morgan fingerprint density at radius 3 is 2.38 bits per heavy atom. The number of nitrogens with one attached hydrogen (secondary N) is 1. The van der Waals surface area contributed by atoms with Crippen molar-refractivity contribution in [2.75, 3.05) is 6.79 Å². The second-order valence-corrected chi connectivity index (χ2v) is 10.7. The fraction of sp³-hybridized carbons (Fsp3) is 0.333. The molecule has 37 heavy (non-hydrogen) atoms. The van der Waals surface area contributed by atoms with E-state index in [2.05, 4.69) is 5.32 Å². The van der Waals surface area contributed by atoms with E-state index in [1.807, 2.05) is 87.5 Å². The number of amides is 2. The minimum Gasteiger partial charge on any atom is -0.454 e. The van der Waals surface area contributed by atoms with Crippen molar-refractivity contribution in [3.05, 3.63) is 94.5 Å². The molecule has 2 amide bonds. The SMILES string of the molecule is CC(C)(C)NC(=O)C(Cc1ccccc1)N(Cc1cccc(Cl)c1)C(=O)CCc1ccc2c(c1)OCO2. The highest BCUT2D eigenvalue weighted by Gasteiger charge is 2.32. The number of halogens is 1. The maximum absolute atomic E-state index is 13.8. The van der Waals surface area contributed by atoms with Crippen LogP contribution in [0.1, 0.15) is 43.9 Å². The van der Waals surface area contributed by atoms with E-state index in [1.54, 1.807) is 11.0 Å². The van der Waals surface area contributed by atoms with Crippen LogP contribution in [-0.4, -0.2) is 35.1 Å². The van der Waals surface area contributed by atoms with Gasteiger partial charge in [0.25, 0.3) is 0 Å². The van der Waals surface area contributed by atoms with Crippen molar-refractivity contribution in [3.8, 4) is 11.5 Å². The number of hydrogen-bond acceptors (Lipinski definition) is 4. The number of benzene rings is 3. The van der Waals surface area contributed by atoms with E-state index in [1.165, 1.54) is 0 Å². The predicted molar refractivity (Wildman–Crippen MR) is 145 cm³/mol. The summed E-state index contributed by atoms with van der Waals surface area (Å²) in [5, 5.41) is 3.67. The van der Waals surface area contributed by atoms with Crippen molar-refractivity contribution in [1.82, 2.24) is 10.2 Å². The number of carbonyl (C=O) groups excluding carboxylic acids is 2. The van der Waals surface area contributed by atoms with E-state index >= 15 is 0 Å². The van der Waals surface area contributed by atoms with Gasteiger partial charge >= 0.3 is 0 Å². The predicted octanol–water partition coefficient (Wildman–Crippen LogP) is 5.56. The molecule has 1 heterocycles. The Kier molecular flexibility index (Phi) is 8.39. The molecule has 0 fully saturated rings. The molecule has 0 saturated carbocycles. The van der Waals surface area contributed by atoms with Crippen molar-refractivity contribution >= 4 is 23.4 Å². The topological polar surface area (TPSA) is 67.9 Å². The van der Waals surface area contributed by atoms with Gasteiger partial charge in [-0.3, -0.25) is 9.59 Å². The van der Waals surface area contributed by atoms with Crippen LogP contribution in [0.15, 0.2) is 72.8 Å². The lowest BCUT2D eigenvalue weighted by molar-refractivity contribution is -0.141. The van der Waals surface area contributed by atoms with E-state index in [9.17, 15) is 9.59 Å². The summed E-state index contributed by atoms with van der Waals surface area (Å²) in [5.41, 5.74) is 2.38. The second kappa shape index (κ2) is 11.7. The molecule has 4 rings (SSSR count). The molecular weight excluding hydrogens is 488 g/mol. The lowest BCUT2D eigenvalue weighted by Crippen LogP contribution is -2.54. The van der Waals surface area contributed by atoms with Gasteiger partial charge in [0, 0.05) is 29.9 Å². The normalized spacial score (nSPS) is 13.2. The smallest absolute Gasteiger partial charge is 0.243 e. The van der Waals surface area contributed by atoms with Gasteiger partial charge in [0.1, 0.15) is 6.04 Å². The summed E-state index contributed by atoms with van der Waals surface area (Å²) in [7, 11) is 0. The fourth-order valence-corrected chi connectivity index (χ4v) is 4.54. The van der Waals surface area contributed by atoms with E-state index in [-0.39, 0.29) is 31.6 Å². The summed E-state index contributed by atoms with van der Waals surface area (Å²) in [6, 6.07) is 22.2. The maximum atomic E-state index is 13.8. The van der Waals surface area contributed by atoms with E-state index in [0.29, 0.717) is 29.4 Å². The number of aryl methyl sites for hydroxylation is 1. The van der Waals surface area contributed by atoms with Crippen LogP contribution in [-0.2, 0) is 29.0 Å². The Hall–Kier alpha value is -3.51. The van der Waals surface area contributed by atoms with Crippen LogP contribution < -0.4 is 14.8 Å². The monoisotopic (exact) mass is 520 g/mol. The van der Waals surface area contributed by atoms with Gasteiger partial charge in [-0.1, -0.05) is 60.1 Å². The van der Waals surface area contributed by atoms with E-state index < -0.39 is 11.6 Å². The molecule has 0 saturated heterocycles. The molecule has 0 radical (unpaired) electrons. The third-order valence-electron chi connectivity index (χ3n) is 6.08. The number of ether oxygens (including phenoxy) is 2. The van der Waals surface area contributed by atoms with Crippen molar-refractivity contribution in [3.63, 3.8) is 0 Å². The van der Waals surface area contributed by atoms with Crippen LogP contribution >= 0.6 is 11.6 Å². The molecule has 0 aliphatic carbocycles. The molecule has 0 spiro atoms. The third kappa shape index (κ3) is 7.49. The molecular formula is C30H33ClN2O4. The Balaban J connectivity index is 1.61. The number of rotatable bonds is 9. The molecule has 1 atom stereocenters. The van der Waals surface area contributed by atoms with Crippen LogP contribution in [0.3, 0.4) is 0 Å². The number of hydrogen-bond donors (Lipinski definition) is 1. The second-order valence-electron chi connectivity index (χ2n) is 10.3. The van der Waals surface area contributed by atoms with Gasteiger partial charge in [-0.05, 0) is 68.1 Å². The quantitative estimate of drug-likeness (QED) is 0.401. The summed E-state index contributed by atoms with van der Waals surface area (Å²) in [6.07, 6.45) is 1.16. The molecule has 194 valence electrons. The van der Waals surface area contributed by atoms with Crippen molar-refractivity contribution < 1.29 is 19.1 Å². The Labute approximate surface area is 223 Å². The van der Waals surface area contributed by atoms with Crippen LogP contribution in [0.2, 0.25) is 5.02 Å². The molecule has 6 nitrogen and oxygen atoms in total. The van der Waals surface area contributed by atoms with Crippen molar-refractivity contribution in [2.24, 2.45) is 0 Å². The first-order valence-electron chi connectivity index (χ1n) is 12.5. The minimum absolute atomic E-state index is 0.109. The van der Waals surface area contributed by atoms with Crippen molar-refractivity contribution in [2.45, 2.75) is 58.2 Å². The van der Waals surface area contributed by atoms with Gasteiger partial charge in [0.2, 0.25) is 18.6 Å². The standard InChI is InChI=1S/C30H33ClN2O4/c1-30(2,3)32-29(35)25(17-21-8-5-4-6-9-21)33(19-23-10-7-11-24(31)16-23)28(34)15-13-22-12-14-26-27(18-22)37-20-36-26/h4-12,14,16,18,25H,13,15,17,19-20H2,1-3H3,(H,32,35). The van der Waals surface area contributed by atoms with E-state index in [0.717, 1.165) is 16.7 Å². The van der Waals surface area contributed by atoms with Crippen LogP contribution in [0.4, 0.5) is 0 Å². The van der Waals surface area contributed by atoms with Crippen LogP contribution in [0.5, 0.6) is 11.5 Å². The lowest BCUT2D eigenvalue weighted by Gasteiger charge is -2.34. The number of nitrogens with zero attached hydrogens (tertiary/aromatic N) is 1. The van der Waals surface area contributed by atoms with E-state index in [4.69, 9.17) is 21.1 Å². The molecule has 7 heteroatoms.